The van der Waals surface area contributed by atoms with E-state index >= 15 is 0 Å². The van der Waals surface area contributed by atoms with E-state index in [0.717, 1.165) is 5.54 Å². The minimum absolute atomic E-state index is 0. The Morgan fingerprint density at radius 1 is 0.971 bits per heavy atom. The molecule has 2 aromatic rings. The van der Waals surface area contributed by atoms with Crippen LogP contribution in [0.15, 0.2) is 59.2 Å². The van der Waals surface area contributed by atoms with Gasteiger partial charge in [-0.05, 0) is 11.1 Å². The molecule has 0 nitrogen and oxygen atoms in total. The molecule has 5 rings (SSSR count). The molecule has 3 aliphatic rings. The third-order valence-electron chi connectivity index (χ3n) is 8.29. The van der Waals surface area contributed by atoms with Gasteiger partial charge in [-0.2, -0.15) is 35.4 Å². The first-order chi connectivity index (χ1) is 14.8. The fourth-order valence-corrected chi connectivity index (χ4v) is 11.4. The normalized spacial score (nSPS) is 20.2. The number of rotatable bonds is 4. The SMILES string of the molecule is CC1=[C-]C(C)(C)C(C)=C1C.CCCC[Si]1(C2c3[c-]cccc3-c3ccccc32)CCC1.[Cl-].[Cl-].[Ti+4]. The van der Waals surface area contributed by atoms with Gasteiger partial charge >= 0.3 is 21.7 Å². The Balaban J connectivity index is 0.000000385. The van der Waals surface area contributed by atoms with Crippen molar-refractivity contribution >= 4 is 8.07 Å². The quantitative estimate of drug-likeness (QED) is 0.410. The van der Waals surface area contributed by atoms with Gasteiger partial charge in [0.25, 0.3) is 0 Å². The fourth-order valence-electron chi connectivity index (χ4n) is 5.96. The number of benzene rings is 2. The molecule has 0 radical (unpaired) electrons. The summed E-state index contributed by atoms with van der Waals surface area (Å²) < 4.78 is 0. The molecule has 1 unspecified atom stereocenters. The van der Waals surface area contributed by atoms with Crippen LogP contribution in [-0.4, -0.2) is 8.07 Å². The Morgan fingerprint density at radius 2 is 1.62 bits per heavy atom. The molecule has 0 spiro atoms. The van der Waals surface area contributed by atoms with Gasteiger partial charge in [-0.1, -0.05) is 107 Å². The van der Waals surface area contributed by atoms with Crippen LogP contribution in [0.2, 0.25) is 18.1 Å². The number of allylic oxidation sites excluding steroid dienone is 4. The molecule has 0 aromatic heterocycles. The van der Waals surface area contributed by atoms with Crippen molar-refractivity contribution in [2.24, 2.45) is 5.41 Å². The average Bonchev–Trinajstić information content (AvgIpc) is 3.15. The van der Waals surface area contributed by atoms with E-state index in [9.17, 15) is 0 Å². The Bertz CT molecular complexity index is 988. The zero-order chi connectivity index (χ0) is 22.2. The molecule has 2 aliphatic carbocycles. The van der Waals surface area contributed by atoms with E-state index in [1.807, 2.05) is 0 Å². The Morgan fingerprint density at radius 3 is 2.12 bits per heavy atom. The summed E-state index contributed by atoms with van der Waals surface area (Å²) in [4.78, 5) is 0. The number of unbranched alkanes of at least 4 members (excludes halogenated alkanes) is 1. The summed E-state index contributed by atoms with van der Waals surface area (Å²) in [6.45, 7) is 13.3. The summed E-state index contributed by atoms with van der Waals surface area (Å²) in [5, 5.41) is 0. The first-order valence-corrected chi connectivity index (χ1v) is 14.9. The third kappa shape index (κ3) is 5.70. The van der Waals surface area contributed by atoms with Crippen LogP contribution in [-0.2, 0) is 21.7 Å². The van der Waals surface area contributed by atoms with E-state index in [0.29, 0.717) is 0 Å². The molecule has 0 bridgehead atoms. The molecule has 1 heterocycles. The standard InChI is InChI=1S/C20H23Si.C10H15.2ClH.Ti/c1-2-3-13-21(14-8-15-21)20-18-11-6-4-9-16(18)17-10-5-7-12-19(17)20;1-7-6-10(4,5)9(3)8(7)2;;;/h4-7,9-11,20H,2-3,8,13-15H2,1H3;1-5H3;2*1H;/q2*-1;;;+4/p-2. The maximum atomic E-state index is 3.63. The van der Waals surface area contributed by atoms with E-state index in [1.54, 1.807) is 5.56 Å². The predicted octanol–water partition coefficient (Wildman–Crippen LogP) is 2.91. The molecule has 180 valence electrons. The molecule has 34 heavy (non-hydrogen) atoms. The minimum Gasteiger partial charge on any atom is -1.00 e. The first-order valence-electron chi connectivity index (χ1n) is 12.2. The molecule has 4 heteroatoms. The Hall–Kier alpha value is -0.569. The summed E-state index contributed by atoms with van der Waals surface area (Å²) in [6, 6.07) is 24.0. The largest absolute Gasteiger partial charge is 4.00 e. The molecule has 1 fully saturated rings. The molecular weight excluding hydrogens is 507 g/mol. The van der Waals surface area contributed by atoms with Gasteiger partial charge in [0.05, 0.1) is 8.07 Å². The molecule has 0 saturated carbocycles. The second-order valence-electron chi connectivity index (χ2n) is 10.5. The summed E-state index contributed by atoms with van der Waals surface area (Å²) in [5.41, 5.74) is 11.2. The van der Waals surface area contributed by atoms with Gasteiger partial charge in [0, 0.05) is 0 Å². The van der Waals surface area contributed by atoms with E-state index < -0.39 is 8.07 Å². The smallest absolute Gasteiger partial charge is 1.00 e. The van der Waals surface area contributed by atoms with Gasteiger partial charge in [0.15, 0.2) is 0 Å². The van der Waals surface area contributed by atoms with Crippen LogP contribution in [0.1, 0.15) is 77.5 Å². The van der Waals surface area contributed by atoms with Gasteiger partial charge in [-0.3, -0.25) is 6.08 Å². The summed E-state index contributed by atoms with van der Waals surface area (Å²) >= 11 is 0. The molecule has 2 aromatic carbocycles. The number of halogens is 2. The van der Waals surface area contributed by atoms with Crippen LogP contribution < -0.4 is 24.8 Å². The van der Waals surface area contributed by atoms with Crippen molar-refractivity contribution in [3.63, 3.8) is 0 Å². The second kappa shape index (κ2) is 12.6. The van der Waals surface area contributed by atoms with Gasteiger partial charge in [0.2, 0.25) is 0 Å². The number of hydrogen-bond acceptors (Lipinski definition) is 0. The van der Waals surface area contributed by atoms with Gasteiger partial charge in [0.1, 0.15) is 0 Å². The summed E-state index contributed by atoms with van der Waals surface area (Å²) in [7, 11) is -1.16. The number of fused-ring (bicyclic) bond motifs is 3. The van der Waals surface area contributed by atoms with Crippen LogP contribution in [0.4, 0.5) is 0 Å². The average molecular weight is 545 g/mol. The van der Waals surface area contributed by atoms with Crippen molar-refractivity contribution in [3.8, 4) is 11.1 Å². The minimum atomic E-state index is -1.16. The molecule has 0 N–H and O–H groups in total. The van der Waals surface area contributed by atoms with Crippen molar-refractivity contribution in [2.75, 3.05) is 0 Å². The molecule has 1 aliphatic heterocycles. The van der Waals surface area contributed by atoms with E-state index in [1.165, 1.54) is 70.8 Å². The predicted molar refractivity (Wildman–Crippen MR) is 137 cm³/mol. The van der Waals surface area contributed by atoms with Crippen molar-refractivity contribution in [2.45, 2.75) is 84.5 Å². The molecule has 1 saturated heterocycles. The van der Waals surface area contributed by atoms with Crippen molar-refractivity contribution in [1.82, 2.24) is 0 Å². The molecular formula is C30H38Cl2SiTi. The van der Waals surface area contributed by atoms with Gasteiger partial charge in [-0.15, -0.1) is 18.1 Å². The zero-order valence-corrected chi connectivity index (χ0v) is 25.7. The zero-order valence-electron chi connectivity index (χ0n) is 21.6. The first kappa shape index (κ1) is 31.5. The van der Waals surface area contributed by atoms with E-state index in [2.05, 4.69) is 96.1 Å². The summed E-state index contributed by atoms with van der Waals surface area (Å²) in [5.74, 6) is 0. The van der Waals surface area contributed by atoms with E-state index in [-0.39, 0.29) is 51.9 Å². The van der Waals surface area contributed by atoms with Gasteiger partial charge in [-0.25, -0.2) is 5.57 Å². The number of hydrogen-bond donors (Lipinski definition) is 0. The maximum Gasteiger partial charge on any atom is 4.00 e. The fraction of sp³-hybridized carbons (Fsp3) is 0.467. The monoisotopic (exact) mass is 544 g/mol. The van der Waals surface area contributed by atoms with Gasteiger partial charge < -0.3 is 24.8 Å². The van der Waals surface area contributed by atoms with Crippen LogP contribution in [0.3, 0.4) is 0 Å². The van der Waals surface area contributed by atoms with E-state index in [4.69, 9.17) is 0 Å². The Labute approximate surface area is 236 Å². The Kier molecular flexibility index (Phi) is 11.7. The molecule has 1 atom stereocenters. The molecule has 0 amide bonds. The van der Waals surface area contributed by atoms with Crippen molar-refractivity contribution in [1.29, 1.82) is 0 Å². The van der Waals surface area contributed by atoms with Crippen LogP contribution in [0.25, 0.3) is 11.1 Å². The second-order valence-corrected chi connectivity index (χ2v) is 15.3. The van der Waals surface area contributed by atoms with Crippen LogP contribution in [0.5, 0.6) is 0 Å². The van der Waals surface area contributed by atoms with Crippen molar-refractivity contribution in [3.05, 3.63) is 82.5 Å². The van der Waals surface area contributed by atoms with Crippen molar-refractivity contribution < 1.29 is 46.5 Å². The summed E-state index contributed by atoms with van der Waals surface area (Å²) in [6.07, 6.45) is 7.67. The van der Waals surface area contributed by atoms with Crippen LogP contribution >= 0.6 is 0 Å². The van der Waals surface area contributed by atoms with Crippen LogP contribution in [0, 0.1) is 17.6 Å². The maximum absolute atomic E-state index is 3.63. The third-order valence-corrected chi connectivity index (χ3v) is 14.2. The topological polar surface area (TPSA) is 0 Å².